The van der Waals surface area contributed by atoms with Crippen LogP contribution in [0.4, 0.5) is 24.9 Å². The first-order valence-electron chi connectivity index (χ1n) is 19.6. The minimum atomic E-state index is -4.55. The van der Waals surface area contributed by atoms with E-state index in [0.717, 1.165) is 136 Å². The molecule has 1 aliphatic carbocycles. The van der Waals surface area contributed by atoms with Gasteiger partial charge in [0.15, 0.2) is 12.4 Å². The predicted molar refractivity (Wildman–Crippen MR) is 206 cm³/mol. The fraction of sp³-hybridized carbons (Fsp3) is 0.561. The number of aromatic amines is 1. The van der Waals surface area contributed by atoms with Gasteiger partial charge in [0.05, 0.1) is 11.7 Å². The lowest BCUT2D eigenvalue weighted by atomic mass is 9.72. The fourth-order valence-electron chi connectivity index (χ4n) is 8.87. The van der Waals surface area contributed by atoms with Crippen LogP contribution in [-0.4, -0.2) is 108 Å². The summed E-state index contributed by atoms with van der Waals surface area (Å²) in [4.78, 5) is 31.7. The topological polar surface area (TPSA) is 93.7 Å². The molecule has 8 rings (SSSR count). The van der Waals surface area contributed by atoms with Gasteiger partial charge in [0.2, 0.25) is 11.9 Å². The average Bonchev–Trinajstić information content (AvgIpc) is 3.89. The summed E-state index contributed by atoms with van der Waals surface area (Å²) in [6.45, 7) is 10.7. The average molecular weight is 745 g/mol. The van der Waals surface area contributed by atoms with Crippen molar-refractivity contribution in [2.75, 3.05) is 75.8 Å². The van der Waals surface area contributed by atoms with Gasteiger partial charge in [-0.1, -0.05) is 19.1 Å². The highest BCUT2D eigenvalue weighted by molar-refractivity contribution is 6.06. The first kappa shape index (κ1) is 36.6. The van der Waals surface area contributed by atoms with E-state index >= 15 is 0 Å². The van der Waals surface area contributed by atoms with Crippen molar-refractivity contribution in [3.05, 3.63) is 48.2 Å². The van der Waals surface area contributed by atoms with Crippen molar-refractivity contribution in [1.82, 2.24) is 30.0 Å². The number of hydrogen-bond acceptors (Lipinski definition) is 8. The molecular weight excluding hydrogens is 693 g/mol. The Balaban J connectivity index is 1.30. The maximum atomic E-state index is 14.2. The number of benzene rings is 2. The van der Waals surface area contributed by atoms with Gasteiger partial charge in [-0.05, 0) is 119 Å². The van der Waals surface area contributed by atoms with Gasteiger partial charge in [0.25, 0.3) is 0 Å². The van der Waals surface area contributed by atoms with E-state index in [1.54, 1.807) is 6.20 Å². The Morgan fingerprint density at radius 3 is 2.37 bits per heavy atom. The molecule has 4 aliphatic rings. The van der Waals surface area contributed by atoms with Crippen LogP contribution in [0, 0.1) is 12.3 Å². The van der Waals surface area contributed by atoms with E-state index in [9.17, 15) is 18.0 Å². The van der Waals surface area contributed by atoms with Crippen LogP contribution >= 0.6 is 0 Å². The molecule has 1 saturated carbocycles. The SMILES string of the molecule is C=CC(=O)N1CC2(CCN(c3nc(N4CCCCCN(C)CCCC4)nc4c(OCC(F)(F)F)c(-c5c(C)ccc6[nH]ncc56)c(C5CC5)cc34)CC2)C1. The molecule has 0 radical (unpaired) electrons. The van der Waals surface area contributed by atoms with Crippen LogP contribution in [0.2, 0.25) is 0 Å². The van der Waals surface area contributed by atoms with Crippen LogP contribution in [0.25, 0.3) is 32.9 Å². The molecule has 10 nitrogen and oxygen atoms in total. The molecule has 13 heteroatoms. The first-order chi connectivity index (χ1) is 26.0. The van der Waals surface area contributed by atoms with Crippen molar-refractivity contribution < 1.29 is 22.7 Å². The number of likely N-dealkylation sites (tertiary alicyclic amines) is 1. The normalized spacial score (nSPS) is 20.3. The van der Waals surface area contributed by atoms with Gasteiger partial charge in [0, 0.05) is 61.0 Å². The largest absolute Gasteiger partial charge is 0.481 e. The molecule has 54 heavy (non-hydrogen) atoms. The van der Waals surface area contributed by atoms with Crippen LogP contribution in [0.3, 0.4) is 0 Å². The number of aryl methyl sites for hydroxylation is 1. The number of amides is 1. The highest BCUT2D eigenvalue weighted by Crippen LogP contribution is 2.53. The minimum absolute atomic E-state index is 0.0345. The molecule has 0 bridgehead atoms. The summed E-state index contributed by atoms with van der Waals surface area (Å²) < 4.78 is 48.6. The first-order valence-corrected chi connectivity index (χ1v) is 19.6. The zero-order valence-electron chi connectivity index (χ0n) is 31.5. The number of hydrogen-bond donors (Lipinski definition) is 1. The minimum Gasteiger partial charge on any atom is -0.481 e. The third-order valence-electron chi connectivity index (χ3n) is 12.1. The molecule has 2 aromatic carbocycles. The van der Waals surface area contributed by atoms with Gasteiger partial charge in [-0.2, -0.15) is 23.3 Å². The summed E-state index contributed by atoms with van der Waals surface area (Å²) >= 11 is 0. The van der Waals surface area contributed by atoms with Crippen molar-refractivity contribution in [3.8, 4) is 16.9 Å². The van der Waals surface area contributed by atoms with E-state index in [1.807, 2.05) is 24.0 Å². The molecule has 0 unspecified atom stereocenters. The summed E-state index contributed by atoms with van der Waals surface area (Å²) in [7, 11) is 2.18. The monoisotopic (exact) mass is 744 g/mol. The molecule has 3 aliphatic heterocycles. The Morgan fingerprint density at radius 1 is 0.963 bits per heavy atom. The maximum absolute atomic E-state index is 14.2. The number of fused-ring (bicyclic) bond motifs is 2. The zero-order chi connectivity index (χ0) is 37.6. The number of nitrogens with one attached hydrogen (secondary N) is 1. The van der Waals surface area contributed by atoms with Crippen molar-refractivity contribution in [2.24, 2.45) is 5.41 Å². The number of halogens is 3. The van der Waals surface area contributed by atoms with Crippen molar-refractivity contribution >= 4 is 39.5 Å². The number of aromatic nitrogens is 4. The summed E-state index contributed by atoms with van der Waals surface area (Å²) in [5.41, 5.74) is 4.68. The van der Waals surface area contributed by atoms with E-state index in [-0.39, 0.29) is 23.0 Å². The number of ether oxygens (including phenoxy) is 1. The van der Waals surface area contributed by atoms with E-state index in [1.165, 1.54) is 6.08 Å². The molecule has 3 saturated heterocycles. The van der Waals surface area contributed by atoms with Crippen molar-refractivity contribution in [1.29, 1.82) is 0 Å². The number of rotatable bonds is 7. The molecule has 2 aromatic heterocycles. The number of nitrogens with zero attached hydrogens (tertiary/aromatic N) is 7. The molecule has 1 N–H and O–H groups in total. The summed E-state index contributed by atoms with van der Waals surface area (Å²) in [5.74, 6) is 1.60. The van der Waals surface area contributed by atoms with E-state index in [4.69, 9.17) is 14.7 Å². The standard InChI is InChI=1S/C41H51F3N8O2/c1-4-33(53)52-24-40(25-52)14-20-50(21-15-40)38-30-22-29(28-11-12-28)35(34-27(2)10-13-32-31(34)23-45-48-32)37(54-26-41(42,43)44)36(30)46-39(47-38)51-18-7-5-6-16-49(3)17-8-9-19-51/h4,10,13,22-23,28H,1,5-9,11-12,14-21,24-26H2,2-3H3,(H,45,48). The molecule has 4 fully saturated rings. The Bertz CT molecular complexity index is 2030. The maximum Gasteiger partial charge on any atom is 0.422 e. The molecule has 288 valence electrons. The smallest absolute Gasteiger partial charge is 0.422 e. The second-order valence-electron chi connectivity index (χ2n) is 16.1. The van der Waals surface area contributed by atoms with Crippen LogP contribution in [0.5, 0.6) is 5.75 Å². The van der Waals surface area contributed by atoms with Crippen LogP contribution in [-0.2, 0) is 4.79 Å². The zero-order valence-corrected chi connectivity index (χ0v) is 31.5. The number of anilines is 2. The van der Waals surface area contributed by atoms with Gasteiger partial charge in [-0.3, -0.25) is 9.89 Å². The number of H-pyrrole nitrogens is 1. The highest BCUT2D eigenvalue weighted by Gasteiger charge is 2.46. The Hall–Kier alpha value is -4.39. The Morgan fingerprint density at radius 2 is 1.67 bits per heavy atom. The van der Waals surface area contributed by atoms with Gasteiger partial charge in [0.1, 0.15) is 11.3 Å². The van der Waals surface area contributed by atoms with Crippen LogP contribution in [0.1, 0.15) is 74.8 Å². The van der Waals surface area contributed by atoms with Crippen molar-refractivity contribution in [2.45, 2.75) is 76.8 Å². The van der Waals surface area contributed by atoms with Gasteiger partial charge in [-0.15, -0.1) is 0 Å². The third-order valence-corrected chi connectivity index (χ3v) is 12.1. The second-order valence-corrected chi connectivity index (χ2v) is 16.1. The fourth-order valence-corrected chi connectivity index (χ4v) is 8.87. The Labute approximate surface area is 314 Å². The summed E-state index contributed by atoms with van der Waals surface area (Å²) in [6, 6.07) is 6.10. The van der Waals surface area contributed by atoms with E-state index < -0.39 is 12.8 Å². The van der Waals surface area contributed by atoms with Gasteiger partial charge in [-0.25, -0.2) is 4.98 Å². The lowest BCUT2D eigenvalue weighted by Crippen LogP contribution is -2.61. The molecule has 1 spiro atoms. The van der Waals surface area contributed by atoms with Crippen molar-refractivity contribution in [3.63, 3.8) is 0 Å². The third kappa shape index (κ3) is 7.35. The number of carbonyl (C=O) groups excluding carboxylic acids is 1. The summed E-state index contributed by atoms with van der Waals surface area (Å²) in [6.07, 6.45) is 7.40. The molecular formula is C41H51F3N8O2. The second kappa shape index (κ2) is 14.7. The van der Waals surface area contributed by atoms with Gasteiger partial charge >= 0.3 is 6.18 Å². The van der Waals surface area contributed by atoms with E-state index in [0.29, 0.717) is 30.1 Å². The highest BCUT2D eigenvalue weighted by atomic mass is 19.4. The Kier molecular flexibility index (Phi) is 9.95. The number of piperidine rings is 1. The lowest BCUT2D eigenvalue weighted by molar-refractivity contribution is -0.153. The van der Waals surface area contributed by atoms with Crippen LogP contribution < -0.4 is 14.5 Å². The molecule has 0 atom stereocenters. The molecule has 1 amide bonds. The molecule has 4 aromatic rings. The quantitative estimate of drug-likeness (QED) is 0.193. The molecule has 5 heterocycles. The van der Waals surface area contributed by atoms with Gasteiger partial charge < -0.3 is 24.3 Å². The lowest BCUT2D eigenvalue weighted by Gasteiger charge is -2.54. The summed E-state index contributed by atoms with van der Waals surface area (Å²) in [5, 5.41) is 8.94. The van der Waals surface area contributed by atoms with Crippen LogP contribution in [0.15, 0.2) is 37.1 Å². The predicted octanol–water partition coefficient (Wildman–Crippen LogP) is 7.62. The van der Waals surface area contributed by atoms with E-state index in [2.05, 4.69) is 44.6 Å². The number of carbonyl (C=O) groups is 1. The number of alkyl halides is 3.